The van der Waals surface area contributed by atoms with E-state index in [1.807, 2.05) is 32.0 Å². The van der Waals surface area contributed by atoms with Crippen molar-refractivity contribution in [3.63, 3.8) is 0 Å². The molecule has 0 bridgehead atoms. The van der Waals surface area contributed by atoms with E-state index < -0.39 is 0 Å². The summed E-state index contributed by atoms with van der Waals surface area (Å²) in [5.74, 6) is 0.860. The van der Waals surface area contributed by atoms with Crippen LogP contribution in [0.4, 0.5) is 0 Å². The van der Waals surface area contributed by atoms with Crippen molar-refractivity contribution >= 4 is 11.6 Å². The zero-order valence-electron chi connectivity index (χ0n) is 9.76. The van der Waals surface area contributed by atoms with Crippen LogP contribution in [0.2, 0.25) is 5.15 Å². The van der Waals surface area contributed by atoms with Crippen LogP contribution >= 0.6 is 11.6 Å². The third-order valence-corrected chi connectivity index (χ3v) is 2.91. The van der Waals surface area contributed by atoms with E-state index in [2.05, 4.69) is 10.1 Å². The van der Waals surface area contributed by atoms with Crippen LogP contribution in [-0.4, -0.2) is 19.9 Å². The molecule has 0 aliphatic rings. The van der Waals surface area contributed by atoms with Gasteiger partial charge in [0, 0.05) is 11.8 Å². The van der Waals surface area contributed by atoms with Crippen LogP contribution in [0, 0.1) is 0 Å². The lowest BCUT2D eigenvalue weighted by molar-refractivity contribution is 0.280. The Morgan fingerprint density at radius 3 is 2.65 bits per heavy atom. The van der Waals surface area contributed by atoms with E-state index in [1.54, 1.807) is 10.9 Å². The number of pyridine rings is 1. The van der Waals surface area contributed by atoms with Crippen molar-refractivity contribution in [2.75, 3.05) is 0 Å². The molecule has 17 heavy (non-hydrogen) atoms. The van der Waals surface area contributed by atoms with Crippen molar-refractivity contribution in [3.05, 3.63) is 40.8 Å². The first-order chi connectivity index (χ1) is 8.15. The molecular formula is C12H14ClN3O. The van der Waals surface area contributed by atoms with Crippen molar-refractivity contribution < 1.29 is 5.11 Å². The zero-order valence-corrected chi connectivity index (χ0v) is 10.5. The molecule has 2 aromatic heterocycles. The van der Waals surface area contributed by atoms with Gasteiger partial charge in [-0.3, -0.25) is 0 Å². The first-order valence-corrected chi connectivity index (χ1v) is 5.82. The third kappa shape index (κ3) is 2.18. The highest BCUT2D eigenvalue weighted by Gasteiger charge is 2.19. The van der Waals surface area contributed by atoms with E-state index in [0.29, 0.717) is 16.5 Å². The zero-order chi connectivity index (χ0) is 12.4. The first-order valence-electron chi connectivity index (χ1n) is 5.44. The molecule has 1 N–H and O–H groups in total. The number of hydrogen-bond acceptors (Lipinski definition) is 3. The number of aromatic nitrogens is 3. The molecule has 0 aliphatic heterocycles. The van der Waals surface area contributed by atoms with Crippen LogP contribution in [0.25, 0.3) is 5.82 Å². The number of aliphatic hydroxyl groups excluding tert-OH is 1. The highest BCUT2D eigenvalue weighted by Crippen LogP contribution is 2.27. The quantitative estimate of drug-likeness (QED) is 0.912. The summed E-state index contributed by atoms with van der Waals surface area (Å²) in [5.41, 5.74) is 1.48. The Hall–Kier alpha value is -1.39. The van der Waals surface area contributed by atoms with Crippen LogP contribution in [0.1, 0.15) is 31.0 Å². The summed E-state index contributed by atoms with van der Waals surface area (Å²) in [7, 11) is 0. The molecule has 5 heteroatoms. The first kappa shape index (κ1) is 12.1. The molecule has 2 rings (SSSR count). The molecular weight excluding hydrogens is 238 g/mol. The van der Waals surface area contributed by atoms with Gasteiger partial charge in [-0.15, -0.1) is 0 Å². The summed E-state index contributed by atoms with van der Waals surface area (Å²) in [6.07, 6.45) is 1.68. The number of nitrogens with zero attached hydrogens (tertiary/aromatic N) is 3. The maximum atomic E-state index is 9.35. The van der Waals surface area contributed by atoms with Crippen LogP contribution < -0.4 is 0 Å². The predicted molar refractivity (Wildman–Crippen MR) is 66.4 cm³/mol. The summed E-state index contributed by atoms with van der Waals surface area (Å²) >= 11 is 6.21. The minimum atomic E-state index is -0.112. The van der Waals surface area contributed by atoms with E-state index in [9.17, 15) is 5.11 Å². The van der Waals surface area contributed by atoms with E-state index in [1.165, 1.54) is 0 Å². The predicted octanol–water partition coefficient (Wildman–Crippen LogP) is 2.54. The summed E-state index contributed by atoms with van der Waals surface area (Å²) in [6, 6.07) is 5.52. The van der Waals surface area contributed by atoms with E-state index >= 15 is 0 Å². The molecule has 0 spiro atoms. The van der Waals surface area contributed by atoms with Crippen LogP contribution in [0.5, 0.6) is 0 Å². The molecule has 0 aliphatic carbocycles. The van der Waals surface area contributed by atoms with Crippen LogP contribution in [-0.2, 0) is 6.61 Å². The molecule has 2 aromatic rings. The normalized spacial score (nSPS) is 11.1. The van der Waals surface area contributed by atoms with E-state index in [4.69, 9.17) is 11.6 Å². The van der Waals surface area contributed by atoms with Gasteiger partial charge in [-0.2, -0.15) is 5.10 Å². The van der Waals surface area contributed by atoms with Gasteiger partial charge in [-0.1, -0.05) is 31.5 Å². The highest BCUT2D eigenvalue weighted by atomic mass is 35.5. The average Bonchev–Trinajstić information content (AvgIpc) is 2.67. The third-order valence-electron chi connectivity index (χ3n) is 2.52. The lowest BCUT2D eigenvalue weighted by Crippen LogP contribution is -2.00. The number of aliphatic hydroxyl groups is 1. The van der Waals surface area contributed by atoms with Gasteiger partial charge in [0.25, 0.3) is 0 Å². The molecule has 0 saturated heterocycles. The van der Waals surface area contributed by atoms with E-state index in [-0.39, 0.29) is 12.5 Å². The summed E-state index contributed by atoms with van der Waals surface area (Å²) in [5, 5.41) is 14.2. The molecule has 90 valence electrons. The van der Waals surface area contributed by atoms with Crippen molar-refractivity contribution in [2.24, 2.45) is 0 Å². The van der Waals surface area contributed by atoms with Gasteiger partial charge < -0.3 is 5.11 Å². The fourth-order valence-corrected chi connectivity index (χ4v) is 1.97. The second kappa shape index (κ2) is 4.85. The smallest absolute Gasteiger partial charge is 0.155 e. The minimum absolute atomic E-state index is 0.112. The van der Waals surface area contributed by atoms with Crippen LogP contribution in [0.3, 0.4) is 0 Å². The molecule has 2 heterocycles. The maximum absolute atomic E-state index is 9.35. The van der Waals surface area contributed by atoms with Crippen molar-refractivity contribution in [3.8, 4) is 5.82 Å². The van der Waals surface area contributed by atoms with Gasteiger partial charge in [0.15, 0.2) is 5.82 Å². The molecule has 0 aromatic carbocycles. The van der Waals surface area contributed by atoms with Gasteiger partial charge in [-0.25, -0.2) is 9.67 Å². The second-order valence-corrected chi connectivity index (χ2v) is 4.43. The van der Waals surface area contributed by atoms with Crippen molar-refractivity contribution in [1.29, 1.82) is 0 Å². The number of hydrogen-bond donors (Lipinski definition) is 1. The van der Waals surface area contributed by atoms with Gasteiger partial charge in [-0.05, 0) is 18.1 Å². The molecule has 0 fully saturated rings. The Kier molecular flexibility index (Phi) is 3.45. The Balaban J connectivity index is 2.57. The number of halogens is 1. The summed E-state index contributed by atoms with van der Waals surface area (Å²) in [4.78, 5) is 4.19. The Labute approximate surface area is 105 Å². The van der Waals surface area contributed by atoms with Gasteiger partial charge in [0.05, 0.1) is 12.3 Å². The monoisotopic (exact) mass is 251 g/mol. The SMILES string of the molecule is CC(C)c1nn(-c2ccccn2)c(Cl)c1CO. The topological polar surface area (TPSA) is 50.9 Å². The standard InChI is InChI=1S/C12H14ClN3O/c1-8(2)11-9(7-17)12(13)16(15-11)10-5-3-4-6-14-10/h3-6,8,17H,7H2,1-2H3. The highest BCUT2D eigenvalue weighted by molar-refractivity contribution is 6.30. The Morgan fingerprint density at radius 1 is 1.41 bits per heavy atom. The second-order valence-electron chi connectivity index (χ2n) is 4.07. The van der Waals surface area contributed by atoms with Crippen molar-refractivity contribution in [1.82, 2.24) is 14.8 Å². The van der Waals surface area contributed by atoms with Gasteiger partial charge in [0.2, 0.25) is 0 Å². The van der Waals surface area contributed by atoms with E-state index in [0.717, 1.165) is 5.69 Å². The number of rotatable bonds is 3. The van der Waals surface area contributed by atoms with Gasteiger partial charge >= 0.3 is 0 Å². The van der Waals surface area contributed by atoms with Gasteiger partial charge in [0.1, 0.15) is 5.15 Å². The lowest BCUT2D eigenvalue weighted by Gasteiger charge is -2.01. The molecule has 0 unspecified atom stereocenters. The fraction of sp³-hybridized carbons (Fsp3) is 0.333. The lowest BCUT2D eigenvalue weighted by atomic mass is 10.1. The molecule has 0 atom stereocenters. The molecule has 0 saturated carbocycles. The average molecular weight is 252 g/mol. The summed E-state index contributed by atoms with van der Waals surface area (Å²) < 4.78 is 1.56. The minimum Gasteiger partial charge on any atom is -0.391 e. The summed E-state index contributed by atoms with van der Waals surface area (Å²) in [6.45, 7) is 3.92. The van der Waals surface area contributed by atoms with Crippen LogP contribution in [0.15, 0.2) is 24.4 Å². The Bertz CT molecular complexity index is 508. The molecule has 0 radical (unpaired) electrons. The fourth-order valence-electron chi connectivity index (χ4n) is 1.69. The Morgan fingerprint density at radius 2 is 2.18 bits per heavy atom. The largest absolute Gasteiger partial charge is 0.391 e. The van der Waals surface area contributed by atoms with Crippen molar-refractivity contribution in [2.45, 2.75) is 26.4 Å². The molecule has 0 amide bonds. The maximum Gasteiger partial charge on any atom is 0.155 e. The molecule has 4 nitrogen and oxygen atoms in total.